The van der Waals surface area contributed by atoms with E-state index in [1.807, 2.05) is 0 Å². The fourth-order valence-electron chi connectivity index (χ4n) is 1.64. The number of rotatable bonds is 4. The van der Waals surface area contributed by atoms with Crippen molar-refractivity contribution in [1.82, 2.24) is 4.90 Å². The number of Topliss-reactive ketones (excluding diaryl/α,β-unsaturated/α-hetero) is 1. The lowest BCUT2D eigenvalue weighted by molar-refractivity contribution is -0.119. The number of likely N-dealkylation sites (N-methyl/N-ethyl adjacent to an activating group) is 1. The van der Waals surface area contributed by atoms with Crippen LogP contribution in [0.5, 0.6) is 0 Å². The fraction of sp³-hybridized carbons (Fsp3) is 0.889. The van der Waals surface area contributed by atoms with Gasteiger partial charge in [-0.25, -0.2) is 0 Å². The van der Waals surface area contributed by atoms with Crippen molar-refractivity contribution in [3.63, 3.8) is 0 Å². The maximum Gasteiger partial charge on any atom is 0.151 e. The van der Waals surface area contributed by atoms with Gasteiger partial charge in [0.25, 0.3) is 0 Å². The number of hydrogen-bond acceptors (Lipinski definition) is 2. The third-order valence-corrected chi connectivity index (χ3v) is 2.71. The third kappa shape index (κ3) is 2.46. The molecule has 1 unspecified atom stereocenters. The second-order valence-electron chi connectivity index (χ2n) is 3.32. The fourth-order valence-corrected chi connectivity index (χ4v) is 1.80. The van der Waals surface area contributed by atoms with Crippen molar-refractivity contribution in [3.05, 3.63) is 0 Å². The van der Waals surface area contributed by atoms with Crippen LogP contribution in [0.15, 0.2) is 0 Å². The second kappa shape index (κ2) is 4.83. The summed E-state index contributed by atoms with van der Waals surface area (Å²) in [5, 5.41) is 0. The van der Waals surface area contributed by atoms with E-state index < -0.39 is 0 Å². The predicted molar refractivity (Wildman–Crippen MR) is 50.6 cm³/mol. The number of halogens is 1. The molecule has 0 N–H and O–H groups in total. The molecule has 1 atom stereocenters. The molecule has 0 aromatic carbocycles. The molecule has 2 nitrogen and oxygen atoms in total. The molecular formula is C9H16ClNO. The summed E-state index contributed by atoms with van der Waals surface area (Å²) in [6, 6.07) is 0. The molecule has 0 saturated carbocycles. The highest BCUT2D eigenvalue weighted by Crippen LogP contribution is 2.17. The number of carbonyl (C=O) groups is 1. The first-order chi connectivity index (χ1) is 5.77. The minimum atomic E-state index is 0.267. The van der Waals surface area contributed by atoms with Crippen LogP contribution in [-0.2, 0) is 4.79 Å². The van der Waals surface area contributed by atoms with Gasteiger partial charge in [-0.3, -0.25) is 9.69 Å². The van der Waals surface area contributed by atoms with Crippen molar-refractivity contribution in [2.75, 3.05) is 25.5 Å². The maximum absolute atomic E-state index is 11.4. The number of nitrogens with zero attached hydrogens (tertiary/aromatic N) is 1. The van der Waals surface area contributed by atoms with Crippen molar-refractivity contribution in [2.45, 2.75) is 19.8 Å². The molecule has 0 aliphatic carbocycles. The summed E-state index contributed by atoms with van der Waals surface area (Å²) in [5.41, 5.74) is 0. The number of carbonyl (C=O) groups excluding carboxylic acids is 1. The molecule has 1 fully saturated rings. The van der Waals surface area contributed by atoms with Gasteiger partial charge in [0.05, 0.1) is 6.54 Å². The molecule has 3 heteroatoms. The van der Waals surface area contributed by atoms with E-state index in [-0.39, 0.29) is 5.92 Å². The average Bonchev–Trinajstić information content (AvgIpc) is 2.43. The van der Waals surface area contributed by atoms with Gasteiger partial charge in [0, 0.05) is 18.3 Å². The van der Waals surface area contributed by atoms with Crippen molar-refractivity contribution < 1.29 is 4.79 Å². The number of ketones is 1. The molecule has 1 heterocycles. The third-order valence-electron chi connectivity index (χ3n) is 2.45. The van der Waals surface area contributed by atoms with Crippen LogP contribution in [0, 0.1) is 5.92 Å². The van der Waals surface area contributed by atoms with E-state index in [0.717, 1.165) is 25.9 Å². The Morgan fingerprint density at radius 1 is 1.67 bits per heavy atom. The van der Waals surface area contributed by atoms with Crippen molar-refractivity contribution in [3.8, 4) is 0 Å². The van der Waals surface area contributed by atoms with Crippen LogP contribution >= 0.6 is 11.6 Å². The van der Waals surface area contributed by atoms with Gasteiger partial charge in [-0.2, -0.15) is 0 Å². The molecule has 0 aromatic rings. The Bertz CT molecular complexity index is 161. The van der Waals surface area contributed by atoms with Gasteiger partial charge in [-0.05, 0) is 19.4 Å². The van der Waals surface area contributed by atoms with Gasteiger partial charge in [-0.1, -0.05) is 6.92 Å². The topological polar surface area (TPSA) is 20.3 Å². The Morgan fingerprint density at radius 2 is 2.42 bits per heavy atom. The van der Waals surface area contributed by atoms with E-state index in [1.165, 1.54) is 0 Å². The standard InChI is InChI=1S/C9H16ClNO/c1-2-11-6-8(4-3-5-10)9(12)7-11/h8H,2-7H2,1H3. The van der Waals surface area contributed by atoms with Gasteiger partial charge in [0.1, 0.15) is 0 Å². The molecule has 1 saturated heterocycles. The summed E-state index contributed by atoms with van der Waals surface area (Å²) in [6.45, 7) is 4.69. The molecule has 0 bridgehead atoms. The van der Waals surface area contributed by atoms with Gasteiger partial charge in [0.2, 0.25) is 0 Å². The van der Waals surface area contributed by atoms with Gasteiger partial charge < -0.3 is 0 Å². The van der Waals surface area contributed by atoms with Gasteiger partial charge in [-0.15, -0.1) is 11.6 Å². The number of likely N-dealkylation sites (tertiary alicyclic amines) is 1. The highest BCUT2D eigenvalue weighted by Gasteiger charge is 2.28. The summed E-state index contributed by atoms with van der Waals surface area (Å²) in [5.74, 6) is 1.35. The Balaban J connectivity index is 2.31. The first kappa shape index (κ1) is 10.0. The Labute approximate surface area is 78.9 Å². The molecule has 70 valence electrons. The molecule has 12 heavy (non-hydrogen) atoms. The van der Waals surface area contributed by atoms with Gasteiger partial charge in [0.15, 0.2) is 5.78 Å². The molecule has 0 aromatic heterocycles. The molecule has 0 radical (unpaired) electrons. The lowest BCUT2D eigenvalue weighted by Crippen LogP contribution is -2.20. The summed E-state index contributed by atoms with van der Waals surface area (Å²) in [6.07, 6.45) is 1.94. The molecule has 0 spiro atoms. The van der Waals surface area contributed by atoms with Crippen LogP contribution in [0.4, 0.5) is 0 Å². The molecule has 1 aliphatic heterocycles. The Hall–Kier alpha value is -0.0800. The normalized spacial score (nSPS) is 25.2. The van der Waals surface area contributed by atoms with Crippen LogP contribution in [-0.4, -0.2) is 36.2 Å². The number of hydrogen-bond donors (Lipinski definition) is 0. The lowest BCUT2D eigenvalue weighted by Gasteiger charge is -2.10. The molecule has 1 aliphatic rings. The van der Waals surface area contributed by atoms with E-state index in [9.17, 15) is 4.79 Å². The largest absolute Gasteiger partial charge is 0.298 e. The van der Waals surface area contributed by atoms with Crippen LogP contribution in [0.2, 0.25) is 0 Å². The predicted octanol–water partition coefficient (Wildman–Crippen LogP) is 1.53. The van der Waals surface area contributed by atoms with Crippen molar-refractivity contribution >= 4 is 17.4 Å². The monoisotopic (exact) mass is 189 g/mol. The van der Waals surface area contributed by atoms with E-state index in [1.54, 1.807) is 0 Å². The first-order valence-corrected chi connectivity index (χ1v) is 5.12. The number of alkyl halides is 1. The van der Waals surface area contributed by atoms with Crippen LogP contribution < -0.4 is 0 Å². The zero-order chi connectivity index (χ0) is 8.97. The van der Waals surface area contributed by atoms with Crippen molar-refractivity contribution in [2.24, 2.45) is 5.92 Å². The van der Waals surface area contributed by atoms with E-state index in [0.29, 0.717) is 18.2 Å². The lowest BCUT2D eigenvalue weighted by atomic mass is 10.0. The summed E-state index contributed by atoms with van der Waals surface area (Å²) in [7, 11) is 0. The SMILES string of the molecule is CCN1CC(=O)C(CCCCl)C1. The maximum atomic E-state index is 11.4. The molecule has 0 amide bonds. The van der Waals surface area contributed by atoms with Crippen LogP contribution in [0.3, 0.4) is 0 Å². The molecular weight excluding hydrogens is 174 g/mol. The summed E-state index contributed by atoms with van der Waals surface area (Å²) >= 11 is 5.57. The minimum Gasteiger partial charge on any atom is -0.298 e. The summed E-state index contributed by atoms with van der Waals surface area (Å²) in [4.78, 5) is 13.6. The smallest absolute Gasteiger partial charge is 0.151 e. The average molecular weight is 190 g/mol. The highest BCUT2D eigenvalue weighted by atomic mass is 35.5. The zero-order valence-corrected chi connectivity index (χ0v) is 8.31. The van der Waals surface area contributed by atoms with Gasteiger partial charge >= 0.3 is 0 Å². The van der Waals surface area contributed by atoms with E-state index >= 15 is 0 Å². The second-order valence-corrected chi connectivity index (χ2v) is 3.70. The van der Waals surface area contributed by atoms with Crippen LogP contribution in [0.25, 0.3) is 0 Å². The van der Waals surface area contributed by atoms with Crippen molar-refractivity contribution in [1.29, 1.82) is 0 Å². The quantitative estimate of drug-likeness (QED) is 0.626. The summed E-state index contributed by atoms with van der Waals surface area (Å²) < 4.78 is 0. The van der Waals surface area contributed by atoms with E-state index in [2.05, 4.69) is 11.8 Å². The Kier molecular flexibility index (Phi) is 4.02. The Morgan fingerprint density at radius 3 is 2.92 bits per heavy atom. The van der Waals surface area contributed by atoms with E-state index in [4.69, 9.17) is 11.6 Å². The van der Waals surface area contributed by atoms with Crippen LogP contribution in [0.1, 0.15) is 19.8 Å². The molecule has 1 rings (SSSR count). The zero-order valence-electron chi connectivity index (χ0n) is 7.55. The minimum absolute atomic E-state index is 0.267. The first-order valence-electron chi connectivity index (χ1n) is 4.59. The highest BCUT2D eigenvalue weighted by molar-refractivity contribution is 6.17.